The third-order valence-corrected chi connectivity index (χ3v) is 4.98. The normalized spacial score (nSPS) is 22.0. The highest BCUT2D eigenvalue weighted by molar-refractivity contribution is 14.0. The molecule has 1 unspecified atom stereocenters. The Kier molecular flexibility index (Phi) is 9.48. The Labute approximate surface area is 169 Å². The van der Waals surface area contributed by atoms with Gasteiger partial charge in [-0.1, -0.05) is 26.7 Å². The first-order chi connectivity index (χ1) is 11.4. The number of aliphatic hydroxyl groups excluding tert-OH is 1. The summed E-state index contributed by atoms with van der Waals surface area (Å²) in [4.78, 5) is 19.1. The minimum absolute atomic E-state index is 0. The van der Waals surface area contributed by atoms with Crippen molar-refractivity contribution in [2.24, 2.45) is 16.3 Å². The molecule has 1 saturated heterocycles. The van der Waals surface area contributed by atoms with E-state index in [9.17, 15) is 9.90 Å². The highest BCUT2D eigenvalue weighted by Crippen LogP contribution is 2.27. The Morgan fingerprint density at radius 2 is 1.96 bits per heavy atom. The number of aliphatic imine (C=N–C) groups is 1. The molecule has 0 bridgehead atoms. The SMILES string of the molecule is CCNC(=NCC(C)(C)CO)NC1CCN(C(=O)C2CCCC2)C1.I. The highest BCUT2D eigenvalue weighted by Gasteiger charge is 2.32. The van der Waals surface area contributed by atoms with Crippen LogP contribution >= 0.6 is 24.0 Å². The molecule has 3 N–H and O–H groups in total. The summed E-state index contributed by atoms with van der Waals surface area (Å²) in [6, 6.07) is 0.255. The van der Waals surface area contributed by atoms with Crippen molar-refractivity contribution in [3.63, 3.8) is 0 Å². The minimum atomic E-state index is -0.220. The van der Waals surface area contributed by atoms with Crippen LogP contribution in [-0.4, -0.2) is 60.7 Å². The molecule has 2 rings (SSSR count). The van der Waals surface area contributed by atoms with Crippen LogP contribution in [0.4, 0.5) is 0 Å². The van der Waals surface area contributed by atoms with Crippen molar-refractivity contribution in [3.8, 4) is 0 Å². The lowest BCUT2D eigenvalue weighted by molar-refractivity contribution is -0.134. The standard InChI is InChI=1S/C18H34N4O2.HI/c1-4-19-17(20-12-18(2,3)13-23)21-15-9-10-22(11-15)16(24)14-7-5-6-8-14;/h14-15,23H,4-13H2,1-3H3,(H2,19,20,21);1H. The first kappa shape index (κ1) is 22.5. The van der Waals surface area contributed by atoms with Crippen LogP contribution in [0.1, 0.15) is 52.9 Å². The second-order valence-corrected chi connectivity index (χ2v) is 7.91. The fraction of sp³-hybridized carbons (Fsp3) is 0.889. The van der Waals surface area contributed by atoms with Crippen molar-refractivity contribution in [3.05, 3.63) is 0 Å². The van der Waals surface area contributed by atoms with Gasteiger partial charge < -0.3 is 20.6 Å². The largest absolute Gasteiger partial charge is 0.396 e. The molecule has 0 aromatic heterocycles. The Morgan fingerprint density at radius 1 is 1.28 bits per heavy atom. The number of guanidine groups is 1. The molecule has 0 spiro atoms. The second kappa shape index (κ2) is 10.5. The van der Waals surface area contributed by atoms with E-state index < -0.39 is 0 Å². The lowest BCUT2D eigenvalue weighted by atomic mass is 9.95. The van der Waals surface area contributed by atoms with E-state index in [0.717, 1.165) is 44.9 Å². The fourth-order valence-electron chi connectivity index (χ4n) is 3.37. The maximum Gasteiger partial charge on any atom is 0.225 e. The van der Waals surface area contributed by atoms with Crippen molar-refractivity contribution >= 4 is 35.8 Å². The predicted octanol–water partition coefficient (Wildman–Crippen LogP) is 1.97. The van der Waals surface area contributed by atoms with Crippen molar-refractivity contribution in [2.75, 3.05) is 32.8 Å². The van der Waals surface area contributed by atoms with Gasteiger partial charge in [0, 0.05) is 43.6 Å². The van der Waals surface area contributed by atoms with Crippen molar-refractivity contribution in [1.82, 2.24) is 15.5 Å². The maximum atomic E-state index is 12.5. The van der Waals surface area contributed by atoms with Crippen molar-refractivity contribution in [2.45, 2.75) is 58.9 Å². The van der Waals surface area contributed by atoms with Crippen LogP contribution in [0.2, 0.25) is 0 Å². The fourth-order valence-corrected chi connectivity index (χ4v) is 3.37. The Hall–Kier alpha value is -0.570. The van der Waals surface area contributed by atoms with Crippen LogP contribution in [-0.2, 0) is 4.79 Å². The van der Waals surface area contributed by atoms with Gasteiger partial charge >= 0.3 is 0 Å². The zero-order valence-corrected chi connectivity index (χ0v) is 18.2. The van der Waals surface area contributed by atoms with Gasteiger partial charge in [-0.3, -0.25) is 9.79 Å². The molecule has 0 aromatic carbocycles. The number of rotatable bonds is 6. The summed E-state index contributed by atoms with van der Waals surface area (Å²) in [5.41, 5.74) is -0.220. The summed E-state index contributed by atoms with van der Waals surface area (Å²) in [5.74, 6) is 1.38. The molecule has 1 saturated carbocycles. The second-order valence-electron chi connectivity index (χ2n) is 7.91. The average Bonchev–Trinajstić information content (AvgIpc) is 3.24. The molecular weight excluding hydrogens is 431 g/mol. The summed E-state index contributed by atoms with van der Waals surface area (Å²) in [5, 5.41) is 16.1. The molecule has 6 nitrogen and oxygen atoms in total. The molecule has 0 aromatic rings. The topological polar surface area (TPSA) is 77.0 Å². The molecule has 1 aliphatic carbocycles. The molecule has 2 fully saturated rings. The van der Waals surface area contributed by atoms with Gasteiger partial charge in [-0.15, -0.1) is 24.0 Å². The number of aliphatic hydroxyl groups is 1. The summed E-state index contributed by atoms with van der Waals surface area (Å²) in [6.45, 7) is 9.12. The number of nitrogens with one attached hydrogen (secondary N) is 2. The number of likely N-dealkylation sites (tertiary alicyclic amines) is 1. The first-order valence-electron chi connectivity index (χ1n) is 9.39. The van der Waals surface area contributed by atoms with Crippen LogP contribution in [0.3, 0.4) is 0 Å². The monoisotopic (exact) mass is 466 g/mol. The van der Waals surface area contributed by atoms with E-state index in [-0.39, 0.29) is 48.0 Å². The van der Waals surface area contributed by atoms with Gasteiger partial charge in [0.25, 0.3) is 0 Å². The molecule has 1 aliphatic heterocycles. The number of amides is 1. The molecule has 1 atom stereocenters. The quantitative estimate of drug-likeness (QED) is 0.318. The van der Waals surface area contributed by atoms with Crippen LogP contribution in [0, 0.1) is 11.3 Å². The Morgan fingerprint density at radius 3 is 2.56 bits per heavy atom. The number of hydrogen-bond donors (Lipinski definition) is 3. The summed E-state index contributed by atoms with van der Waals surface area (Å²) in [7, 11) is 0. The molecule has 146 valence electrons. The van der Waals surface area contributed by atoms with Gasteiger partial charge in [0.15, 0.2) is 5.96 Å². The van der Waals surface area contributed by atoms with Crippen LogP contribution < -0.4 is 10.6 Å². The van der Waals surface area contributed by atoms with Crippen LogP contribution in [0.5, 0.6) is 0 Å². The molecule has 7 heteroatoms. The maximum absolute atomic E-state index is 12.5. The molecule has 25 heavy (non-hydrogen) atoms. The average molecular weight is 466 g/mol. The van der Waals surface area contributed by atoms with E-state index in [0.29, 0.717) is 12.5 Å². The van der Waals surface area contributed by atoms with Crippen LogP contribution in [0.15, 0.2) is 4.99 Å². The van der Waals surface area contributed by atoms with Crippen LogP contribution in [0.25, 0.3) is 0 Å². The molecule has 1 heterocycles. The van der Waals surface area contributed by atoms with E-state index in [2.05, 4.69) is 15.6 Å². The number of hydrogen-bond acceptors (Lipinski definition) is 3. The lowest BCUT2D eigenvalue weighted by Gasteiger charge is -2.23. The number of nitrogens with zero attached hydrogens (tertiary/aromatic N) is 2. The summed E-state index contributed by atoms with van der Waals surface area (Å²) < 4.78 is 0. The molecular formula is C18H35IN4O2. The highest BCUT2D eigenvalue weighted by atomic mass is 127. The van der Waals surface area contributed by atoms with E-state index in [1.54, 1.807) is 0 Å². The number of halogens is 1. The van der Waals surface area contributed by atoms with Crippen molar-refractivity contribution in [1.29, 1.82) is 0 Å². The van der Waals surface area contributed by atoms with Crippen molar-refractivity contribution < 1.29 is 9.90 Å². The van der Waals surface area contributed by atoms with Gasteiger partial charge in [-0.25, -0.2) is 0 Å². The first-order valence-corrected chi connectivity index (χ1v) is 9.39. The Bertz CT molecular complexity index is 450. The van der Waals surface area contributed by atoms with Gasteiger partial charge in [0.05, 0.1) is 6.54 Å². The zero-order chi connectivity index (χ0) is 17.6. The van der Waals surface area contributed by atoms with E-state index in [1.165, 1.54) is 12.8 Å². The molecule has 0 radical (unpaired) electrons. The van der Waals surface area contributed by atoms with Gasteiger partial charge in [0.1, 0.15) is 0 Å². The van der Waals surface area contributed by atoms with Gasteiger partial charge in [0.2, 0.25) is 5.91 Å². The number of carbonyl (C=O) groups is 1. The zero-order valence-electron chi connectivity index (χ0n) is 15.9. The minimum Gasteiger partial charge on any atom is -0.396 e. The van der Waals surface area contributed by atoms with Gasteiger partial charge in [-0.05, 0) is 26.2 Å². The van der Waals surface area contributed by atoms with E-state index >= 15 is 0 Å². The number of carbonyl (C=O) groups excluding carboxylic acids is 1. The third kappa shape index (κ3) is 6.92. The molecule has 1 amide bonds. The summed E-state index contributed by atoms with van der Waals surface area (Å²) in [6.07, 6.45) is 5.49. The predicted molar refractivity (Wildman–Crippen MR) is 112 cm³/mol. The van der Waals surface area contributed by atoms with Gasteiger partial charge in [-0.2, -0.15) is 0 Å². The van der Waals surface area contributed by atoms with E-state index in [1.807, 2.05) is 25.7 Å². The molecule has 2 aliphatic rings. The summed E-state index contributed by atoms with van der Waals surface area (Å²) >= 11 is 0. The van der Waals surface area contributed by atoms with E-state index in [4.69, 9.17) is 0 Å². The Balaban J connectivity index is 0.00000312. The smallest absolute Gasteiger partial charge is 0.225 e. The third-order valence-electron chi connectivity index (χ3n) is 4.98. The lowest BCUT2D eigenvalue weighted by Crippen LogP contribution is -2.46.